The van der Waals surface area contributed by atoms with Gasteiger partial charge in [-0.3, -0.25) is 4.79 Å². The third-order valence-electron chi connectivity index (χ3n) is 3.22. The van der Waals surface area contributed by atoms with Gasteiger partial charge in [-0.05, 0) is 12.1 Å². The first kappa shape index (κ1) is 13.5. The molecule has 104 valence electrons. The molecule has 0 unspecified atom stereocenters. The van der Waals surface area contributed by atoms with E-state index >= 15 is 0 Å². The highest BCUT2D eigenvalue weighted by Crippen LogP contribution is 2.32. The number of hydrogen-bond donors (Lipinski definition) is 2. The Bertz CT molecular complexity index is 470. The molecule has 1 heterocycles. The van der Waals surface area contributed by atoms with Crippen LogP contribution in [-0.4, -0.2) is 45.1 Å². The van der Waals surface area contributed by atoms with Crippen molar-refractivity contribution in [2.75, 3.05) is 39.3 Å². The Balaban J connectivity index is 2.05. The van der Waals surface area contributed by atoms with Crippen LogP contribution >= 0.6 is 0 Å². The van der Waals surface area contributed by atoms with Gasteiger partial charge >= 0.3 is 5.97 Å². The van der Waals surface area contributed by atoms with Crippen LogP contribution in [0, 0.1) is 5.41 Å². The van der Waals surface area contributed by atoms with E-state index < -0.39 is 11.4 Å². The highest BCUT2D eigenvalue weighted by molar-refractivity contribution is 5.77. The molecule has 0 spiro atoms. The monoisotopic (exact) mass is 267 g/mol. The summed E-state index contributed by atoms with van der Waals surface area (Å²) in [6.45, 7) is 0.795. The largest absolute Gasteiger partial charge is 0.493 e. The highest BCUT2D eigenvalue weighted by Gasteiger charge is 2.46. The zero-order chi connectivity index (χ0) is 13.9. The molecule has 19 heavy (non-hydrogen) atoms. The first-order valence-corrected chi connectivity index (χ1v) is 5.88. The number of nitrogens with one attached hydrogen (secondary N) is 1. The van der Waals surface area contributed by atoms with Crippen LogP contribution in [0.5, 0.6) is 11.5 Å². The second kappa shape index (κ2) is 5.36. The number of ether oxygens (including phenoxy) is 3. The Morgan fingerprint density at radius 2 is 2.05 bits per heavy atom. The second-order valence-electron chi connectivity index (χ2n) is 4.50. The fourth-order valence-corrected chi connectivity index (χ4v) is 1.87. The molecule has 0 aromatic heterocycles. The van der Waals surface area contributed by atoms with E-state index in [1.165, 1.54) is 0 Å². The van der Waals surface area contributed by atoms with Crippen molar-refractivity contribution in [2.24, 2.45) is 5.41 Å². The minimum absolute atomic E-state index is 0.239. The minimum atomic E-state index is -0.841. The van der Waals surface area contributed by atoms with Crippen molar-refractivity contribution in [1.82, 2.24) is 0 Å². The summed E-state index contributed by atoms with van der Waals surface area (Å²) in [6.07, 6.45) is 0. The Morgan fingerprint density at radius 3 is 2.53 bits per heavy atom. The molecule has 1 aliphatic rings. The molecule has 0 radical (unpaired) electrons. The fraction of sp³-hybridized carbons (Fsp3) is 0.462. The van der Waals surface area contributed by atoms with E-state index in [0.717, 1.165) is 5.69 Å². The van der Waals surface area contributed by atoms with Gasteiger partial charge in [0.1, 0.15) is 5.41 Å². The summed E-state index contributed by atoms with van der Waals surface area (Å²) >= 11 is 0. The zero-order valence-electron chi connectivity index (χ0n) is 10.9. The summed E-state index contributed by atoms with van der Waals surface area (Å²) in [5, 5.41) is 12.3. The number of benzene rings is 1. The van der Waals surface area contributed by atoms with Crippen LogP contribution in [0.15, 0.2) is 18.2 Å². The lowest BCUT2D eigenvalue weighted by molar-refractivity contribution is -0.176. The molecule has 1 aromatic carbocycles. The molecular formula is C13H17NO5. The number of anilines is 1. The predicted molar refractivity (Wildman–Crippen MR) is 68.9 cm³/mol. The summed E-state index contributed by atoms with van der Waals surface area (Å²) < 4.78 is 15.3. The van der Waals surface area contributed by atoms with E-state index in [1.807, 2.05) is 6.07 Å². The van der Waals surface area contributed by atoms with Gasteiger partial charge in [0.2, 0.25) is 0 Å². The number of hydrogen-bond acceptors (Lipinski definition) is 5. The molecule has 2 N–H and O–H groups in total. The van der Waals surface area contributed by atoms with Crippen molar-refractivity contribution in [3.63, 3.8) is 0 Å². The first-order chi connectivity index (χ1) is 9.11. The van der Waals surface area contributed by atoms with Crippen LogP contribution in [0.1, 0.15) is 0 Å². The van der Waals surface area contributed by atoms with Crippen LogP contribution in [0.4, 0.5) is 5.69 Å². The molecule has 1 saturated heterocycles. The normalized spacial score (nSPS) is 16.3. The lowest BCUT2D eigenvalue weighted by Crippen LogP contribution is -2.53. The maximum atomic E-state index is 11.2. The average Bonchev–Trinajstić information content (AvgIpc) is 2.36. The second-order valence-corrected chi connectivity index (χ2v) is 4.50. The van der Waals surface area contributed by atoms with Gasteiger partial charge in [0.05, 0.1) is 27.4 Å². The third-order valence-corrected chi connectivity index (χ3v) is 3.22. The van der Waals surface area contributed by atoms with Crippen molar-refractivity contribution < 1.29 is 24.1 Å². The predicted octanol–water partition coefficient (Wildman–Crippen LogP) is 1.22. The maximum absolute atomic E-state index is 11.2. The van der Waals surface area contributed by atoms with Crippen molar-refractivity contribution in [2.45, 2.75) is 0 Å². The summed E-state index contributed by atoms with van der Waals surface area (Å²) in [5.41, 5.74) is -0.0437. The van der Waals surface area contributed by atoms with Gasteiger partial charge in [-0.25, -0.2) is 0 Å². The van der Waals surface area contributed by atoms with Gasteiger partial charge in [0.15, 0.2) is 11.5 Å². The van der Waals surface area contributed by atoms with Crippen LogP contribution in [0.25, 0.3) is 0 Å². The summed E-state index contributed by atoms with van der Waals surface area (Å²) in [6, 6.07) is 5.36. The van der Waals surface area contributed by atoms with E-state index in [9.17, 15) is 9.90 Å². The topological polar surface area (TPSA) is 77.0 Å². The van der Waals surface area contributed by atoms with E-state index in [2.05, 4.69) is 5.32 Å². The van der Waals surface area contributed by atoms with Crippen LogP contribution in [0.2, 0.25) is 0 Å². The lowest BCUT2D eigenvalue weighted by atomic mass is 9.86. The molecule has 0 aliphatic carbocycles. The third kappa shape index (κ3) is 2.58. The quantitative estimate of drug-likeness (QED) is 0.807. The summed E-state index contributed by atoms with van der Waals surface area (Å²) in [7, 11) is 3.12. The van der Waals surface area contributed by atoms with Gasteiger partial charge in [-0.15, -0.1) is 0 Å². The molecule has 0 bridgehead atoms. The van der Waals surface area contributed by atoms with E-state index in [0.29, 0.717) is 18.0 Å². The summed E-state index contributed by atoms with van der Waals surface area (Å²) in [4.78, 5) is 11.2. The van der Waals surface area contributed by atoms with Crippen molar-refractivity contribution >= 4 is 11.7 Å². The SMILES string of the molecule is COc1ccc(NCC2(C(=O)O)COC2)cc1OC. The average molecular weight is 267 g/mol. The number of rotatable bonds is 6. The molecule has 6 nitrogen and oxygen atoms in total. The van der Waals surface area contributed by atoms with Crippen LogP contribution < -0.4 is 14.8 Å². The number of carbonyl (C=O) groups is 1. The Kier molecular flexibility index (Phi) is 3.80. The molecule has 2 rings (SSSR count). The Labute approximate surface area is 111 Å². The van der Waals surface area contributed by atoms with Gasteiger partial charge in [-0.2, -0.15) is 0 Å². The first-order valence-electron chi connectivity index (χ1n) is 5.88. The van der Waals surface area contributed by atoms with E-state index in [-0.39, 0.29) is 13.2 Å². The number of carboxylic acid groups (broad SMARTS) is 1. The van der Waals surface area contributed by atoms with Crippen molar-refractivity contribution in [3.8, 4) is 11.5 Å². The van der Waals surface area contributed by atoms with Gasteiger partial charge in [-0.1, -0.05) is 0 Å². The number of methoxy groups -OCH3 is 2. The molecule has 6 heteroatoms. The molecule has 0 atom stereocenters. The summed E-state index contributed by atoms with van der Waals surface area (Å²) in [5.74, 6) is 0.390. The van der Waals surface area contributed by atoms with E-state index in [1.54, 1.807) is 26.4 Å². The molecule has 0 saturated carbocycles. The maximum Gasteiger partial charge on any atom is 0.316 e. The van der Waals surface area contributed by atoms with Crippen molar-refractivity contribution in [1.29, 1.82) is 0 Å². The van der Waals surface area contributed by atoms with Gasteiger partial charge in [0, 0.05) is 18.3 Å². The van der Waals surface area contributed by atoms with Crippen LogP contribution in [-0.2, 0) is 9.53 Å². The molecule has 0 amide bonds. The minimum Gasteiger partial charge on any atom is -0.493 e. The van der Waals surface area contributed by atoms with Crippen LogP contribution in [0.3, 0.4) is 0 Å². The lowest BCUT2D eigenvalue weighted by Gasteiger charge is -2.37. The standard InChI is InChI=1S/C13H17NO5/c1-17-10-4-3-9(5-11(10)18-2)14-6-13(12(15)16)7-19-8-13/h3-5,14H,6-8H2,1-2H3,(H,15,16). The fourth-order valence-electron chi connectivity index (χ4n) is 1.87. The Hall–Kier alpha value is -1.95. The number of carboxylic acids is 1. The molecule has 1 aliphatic heterocycles. The molecule has 1 fully saturated rings. The van der Waals surface area contributed by atoms with Gasteiger partial charge < -0.3 is 24.6 Å². The van der Waals surface area contributed by atoms with Crippen molar-refractivity contribution in [3.05, 3.63) is 18.2 Å². The smallest absolute Gasteiger partial charge is 0.316 e. The van der Waals surface area contributed by atoms with Gasteiger partial charge in [0.25, 0.3) is 0 Å². The van der Waals surface area contributed by atoms with E-state index in [4.69, 9.17) is 14.2 Å². The number of aliphatic carboxylic acids is 1. The molecular weight excluding hydrogens is 250 g/mol. The Morgan fingerprint density at radius 1 is 1.37 bits per heavy atom. The molecule has 1 aromatic rings. The zero-order valence-corrected chi connectivity index (χ0v) is 10.9. The highest BCUT2D eigenvalue weighted by atomic mass is 16.5.